The first-order chi connectivity index (χ1) is 6.27. The topological polar surface area (TPSA) is 0 Å². The second-order valence-corrected chi connectivity index (χ2v) is 3.64. The van der Waals surface area contributed by atoms with Crippen molar-refractivity contribution >= 4 is 0 Å². The van der Waals surface area contributed by atoms with Crippen LogP contribution in [0.15, 0.2) is 18.2 Å². The first kappa shape index (κ1) is 10.3. The molecule has 0 saturated heterocycles. The third kappa shape index (κ3) is 2.12. The second-order valence-electron chi connectivity index (χ2n) is 3.64. The molecule has 72 valence electrons. The highest BCUT2D eigenvalue weighted by Gasteiger charge is 2.17. The van der Waals surface area contributed by atoms with Crippen LogP contribution in [0.3, 0.4) is 0 Å². The van der Waals surface area contributed by atoms with Gasteiger partial charge in [-0.1, -0.05) is 44.5 Å². The van der Waals surface area contributed by atoms with Gasteiger partial charge in [-0.2, -0.15) is 0 Å². The van der Waals surface area contributed by atoms with E-state index in [1.807, 2.05) is 13.8 Å². The van der Waals surface area contributed by atoms with Crippen LogP contribution in [0.1, 0.15) is 49.8 Å². The Bertz CT molecular complexity index is 273. The summed E-state index contributed by atoms with van der Waals surface area (Å²) >= 11 is 0. The average Bonchev–Trinajstić information content (AvgIpc) is 2.52. The van der Waals surface area contributed by atoms with E-state index in [1.165, 1.54) is 18.4 Å². The zero-order chi connectivity index (χ0) is 9.84. The van der Waals surface area contributed by atoms with Crippen LogP contribution in [0.25, 0.3) is 0 Å². The SMILES string of the molecule is CC.Cc1ccc2c(c1)[C@@H](C)CC2. The van der Waals surface area contributed by atoms with Gasteiger partial charge in [0.25, 0.3) is 0 Å². The number of hydrogen-bond acceptors (Lipinski definition) is 0. The van der Waals surface area contributed by atoms with E-state index in [0.29, 0.717) is 0 Å². The fourth-order valence-corrected chi connectivity index (χ4v) is 1.93. The summed E-state index contributed by atoms with van der Waals surface area (Å²) in [6.45, 7) is 8.50. The second kappa shape index (κ2) is 4.45. The summed E-state index contributed by atoms with van der Waals surface area (Å²) < 4.78 is 0. The molecule has 1 aromatic rings. The molecule has 0 heteroatoms. The molecular formula is C13H20. The Morgan fingerprint density at radius 2 is 1.92 bits per heavy atom. The molecule has 0 aliphatic heterocycles. The highest BCUT2D eigenvalue weighted by atomic mass is 14.2. The Hall–Kier alpha value is -0.780. The summed E-state index contributed by atoms with van der Waals surface area (Å²) in [5.74, 6) is 0.796. The van der Waals surface area contributed by atoms with Gasteiger partial charge in [0.1, 0.15) is 0 Å². The summed E-state index contributed by atoms with van der Waals surface area (Å²) in [5.41, 5.74) is 4.56. The van der Waals surface area contributed by atoms with Gasteiger partial charge in [0.15, 0.2) is 0 Å². The van der Waals surface area contributed by atoms with Crippen molar-refractivity contribution < 1.29 is 0 Å². The standard InChI is InChI=1S/C11H14.C2H6/c1-8-3-5-10-6-4-9(2)11(10)7-8;1-2/h3,5,7,9H,4,6H2,1-2H3;1-2H3/t9-;/m0./s1. The maximum absolute atomic E-state index is 2.34. The number of rotatable bonds is 0. The van der Waals surface area contributed by atoms with Crippen molar-refractivity contribution in [2.45, 2.75) is 46.5 Å². The van der Waals surface area contributed by atoms with E-state index < -0.39 is 0 Å². The predicted octanol–water partition coefficient (Wildman–Crippen LogP) is 4.07. The molecule has 0 heterocycles. The molecule has 0 unspecified atom stereocenters. The maximum atomic E-state index is 2.34. The van der Waals surface area contributed by atoms with E-state index in [9.17, 15) is 0 Å². The molecule has 0 spiro atoms. The largest absolute Gasteiger partial charge is 0.0683 e. The maximum Gasteiger partial charge on any atom is -0.0184 e. The van der Waals surface area contributed by atoms with Crippen LogP contribution in [0.2, 0.25) is 0 Å². The van der Waals surface area contributed by atoms with Gasteiger partial charge in [-0.15, -0.1) is 0 Å². The molecule has 0 amide bonds. The number of aryl methyl sites for hydroxylation is 2. The molecule has 0 aromatic heterocycles. The highest BCUT2D eigenvalue weighted by Crippen LogP contribution is 2.32. The van der Waals surface area contributed by atoms with Crippen molar-refractivity contribution in [1.29, 1.82) is 0 Å². The van der Waals surface area contributed by atoms with Gasteiger partial charge in [-0.3, -0.25) is 0 Å². The van der Waals surface area contributed by atoms with Gasteiger partial charge >= 0.3 is 0 Å². The number of benzene rings is 1. The monoisotopic (exact) mass is 176 g/mol. The van der Waals surface area contributed by atoms with Gasteiger partial charge < -0.3 is 0 Å². The Morgan fingerprint density at radius 1 is 1.23 bits per heavy atom. The Morgan fingerprint density at radius 3 is 2.62 bits per heavy atom. The molecule has 13 heavy (non-hydrogen) atoms. The van der Waals surface area contributed by atoms with Crippen LogP contribution in [-0.4, -0.2) is 0 Å². The third-order valence-corrected chi connectivity index (χ3v) is 2.68. The molecule has 0 radical (unpaired) electrons. The lowest BCUT2D eigenvalue weighted by Crippen LogP contribution is -1.86. The molecule has 0 saturated carbocycles. The van der Waals surface area contributed by atoms with Gasteiger partial charge in [0, 0.05) is 0 Å². The zero-order valence-electron chi connectivity index (χ0n) is 9.22. The third-order valence-electron chi connectivity index (χ3n) is 2.68. The first-order valence-electron chi connectivity index (χ1n) is 5.37. The van der Waals surface area contributed by atoms with Crippen LogP contribution in [-0.2, 0) is 6.42 Å². The summed E-state index contributed by atoms with van der Waals surface area (Å²) in [4.78, 5) is 0. The molecule has 0 N–H and O–H groups in total. The molecule has 0 bridgehead atoms. The van der Waals surface area contributed by atoms with E-state index in [4.69, 9.17) is 0 Å². The summed E-state index contributed by atoms with van der Waals surface area (Å²) in [6.07, 6.45) is 2.63. The summed E-state index contributed by atoms with van der Waals surface area (Å²) in [5, 5.41) is 0. The fraction of sp³-hybridized carbons (Fsp3) is 0.538. The molecule has 1 aliphatic carbocycles. The Kier molecular flexibility index (Phi) is 3.53. The van der Waals surface area contributed by atoms with Crippen LogP contribution >= 0.6 is 0 Å². The molecule has 2 rings (SSSR count). The molecule has 1 aromatic carbocycles. The number of hydrogen-bond donors (Lipinski definition) is 0. The Balaban J connectivity index is 0.000000396. The van der Waals surface area contributed by atoms with Crippen molar-refractivity contribution in [1.82, 2.24) is 0 Å². The van der Waals surface area contributed by atoms with Crippen molar-refractivity contribution in [2.75, 3.05) is 0 Å². The minimum Gasteiger partial charge on any atom is -0.0683 e. The van der Waals surface area contributed by atoms with Crippen LogP contribution in [0, 0.1) is 6.92 Å². The van der Waals surface area contributed by atoms with Crippen molar-refractivity contribution in [2.24, 2.45) is 0 Å². The van der Waals surface area contributed by atoms with Crippen LogP contribution in [0.5, 0.6) is 0 Å². The first-order valence-corrected chi connectivity index (χ1v) is 5.37. The Labute approximate surface area is 82.0 Å². The lowest BCUT2D eigenvalue weighted by Gasteiger charge is -2.04. The molecule has 0 nitrogen and oxygen atoms in total. The minimum atomic E-state index is 0.796. The smallest absolute Gasteiger partial charge is 0.0184 e. The predicted molar refractivity (Wildman–Crippen MR) is 59.3 cm³/mol. The van der Waals surface area contributed by atoms with E-state index in [2.05, 4.69) is 32.0 Å². The summed E-state index contributed by atoms with van der Waals surface area (Å²) in [6, 6.07) is 6.85. The minimum absolute atomic E-state index is 0.796. The van der Waals surface area contributed by atoms with Gasteiger partial charge in [0.2, 0.25) is 0 Å². The fourth-order valence-electron chi connectivity index (χ4n) is 1.93. The van der Waals surface area contributed by atoms with Gasteiger partial charge in [-0.05, 0) is 36.8 Å². The van der Waals surface area contributed by atoms with Crippen LogP contribution in [0.4, 0.5) is 0 Å². The normalized spacial score (nSPS) is 18.9. The quantitative estimate of drug-likeness (QED) is 0.559. The lowest BCUT2D eigenvalue weighted by molar-refractivity contribution is 0.747. The van der Waals surface area contributed by atoms with Crippen molar-refractivity contribution in [3.05, 3.63) is 34.9 Å². The zero-order valence-corrected chi connectivity index (χ0v) is 9.22. The van der Waals surface area contributed by atoms with Crippen LogP contribution < -0.4 is 0 Å². The lowest BCUT2D eigenvalue weighted by atomic mass is 10.0. The molecular weight excluding hydrogens is 156 g/mol. The van der Waals surface area contributed by atoms with Gasteiger partial charge in [0.05, 0.1) is 0 Å². The van der Waals surface area contributed by atoms with E-state index in [-0.39, 0.29) is 0 Å². The van der Waals surface area contributed by atoms with E-state index in [1.54, 1.807) is 11.1 Å². The van der Waals surface area contributed by atoms with E-state index in [0.717, 1.165) is 5.92 Å². The van der Waals surface area contributed by atoms with Crippen molar-refractivity contribution in [3.63, 3.8) is 0 Å². The van der Waals surface area contributed by atoms with E-state index >= 15 is 0 Å². The molecule has 0 fully saturated rings. The highest BCUT2D eigenvalue weighted by molar-refractivity contribution is 5.37. The molecule has 1 atom stereocenters. The average molecular weight is 176 g/mol. The number of fused-ring (bicyclic) bond motifs is 1. The summed E-state index contributed by atoms with van der Waals surface area (Å²) in [7, 11) is 0. The van der Waals surface area contributed by atoms with Gasteiger partial charge in [-0.25, -0.2) is 0 Å². The molecule has 1 aliphatic rings. The van der Waals surface area contributed by atoms with Crippen molar-refractivity contribution in [3.8, 4) is 0 Å².